The molecule has 0 saturated heterocycles. The zero-order valence-electron chi connectivity index (χ0n) is 16.6. The van der Waals surface area contributed by atoms with Crippen molar-refractivity contribution < 1.29 is 17.9 Å². The zero-order valence-corrected chi connectivity index (χ0v) is 17.5. The van der Waals surface area contributed by atoms with Gasteiger partial charge in [0.15, 0.2) is 0 Å². The molecule has 1 N–H and O–H groups in total. The summed E-state index contributed by atoms with van der Waals surface area (Å²) in [6, 6.07) is 22.2. The quantitative estimate of drug-likeness (QED) is 0.580. The van der Waals surface area contributed by atoms with Gasteiger partial charge in [-0.25, -0.2) is 8.42 Å². The minimum absolute atomic E-state index is 0.136. The molecule has 0 spiro atoms. The highest BCUT2D eigenvalue weighted by Gasteiger charge is 2.21. The van der Waals surface area contributed by atoms with E-state index in [-0.39, 0.29) is 10.8 Å². The number of anilines is 2. The van der Waals surface area contributed by atoms with Gasteiger partial charge in [0, 0.05) is 24.4 Å². The number of nitrogens with one attached hydrogen (secondary N) is 1. The van der Waals surface area contributed by atoms with E-state index in [1.54, 1.807) is 49.6 Å². The first-order valence-electron chi connectivity index (χ1n) is 9.18. The summed E-state index contributed by atoms with van der Waals surface area (Å²) in [6.07, 6.45) is 3.05. The topological polar surface area (TPSA) is 75.7 Å². The Kier molecular flexibility index (Phi) is 6.54. The molecule has 0 aliphatic carbocycles. The van der Waals surface area contributed by atoms with E-state index in [2.05, 4.69) is 5.32 Å². The van der Waals surface area contributed by atoms with Crippen LogP contribution < -0.4 is 14.4 Å². The molecule has 0 heterocycles. The standard InChI is InChI=1S/C23H22N2O4S/c1-25(20-9-4-3-5-10-20)30(27,28)21-15-13-19(14-16-21)24-23(26)17-12-18-8-6-7-11-22(18)29-2/h3-17H,1-2H3,(H,24,26)/b17-12-. The lowest BCUT2D eigenvalue weighted by atomic mass is 10.2. The van der Waals surface area contributed by atoms with Crippen LogP contribution in [0.5, 0.6) is 5.75 Å². The number of sulfonamides is 1. The third kappa shape index (κ3) is 4.87. The van der Waals surface area contributed by atoms with Crippen molar-refractivity contribution in [2.45, 2.75) is 4.90 Å². The Morgan fingerprint density at radius 3 is 2.23 bits per heavy atom. The molecule has 0 radical (unpaired) electrons. The number of carbonyl (C=O) groups is 1. The van der Waals surface area contributed by atoms with Crippen molar-refractivity contribution in [3.8, 4) is 5.75 Å². The zero-order chi connectivity index (χ0) is 21.6. The van der Waals surface area contributed by atoms with Gasteiger partial charge >= 0.3 is 0 Å². The first-order chi connectivity index (χ1) is 14.4. The van der Waals surface area contributed by atoms with Gasteiger partial charge in [0.05, 0.1) is 17.7 Å². The molecule has 1 amide bonds. The Morgan fingerprint density at radius 2 is 1.57 bits per heavy atom. The number of methoxy groups -OCH3 is 1. The maximum atomic E-state index is 12.8. The average Bonchev–Trinajstić information content (AvgIpc) is 2.78. The number of hydrogen-bond acceptors (Lipinski definition) is 4. The number of hydrogen-bond donors (Lipinski definition) is 1. The highest BCUT2D eigenvalue weighted by molar-refractivity contribution is 7.92. The number of amides is 1. The second-order valence-corrected chi connectivity index (χ2v) is 8.37. The van der Waals surface area contributed by atoms with Crippen molar-refractivity contribution in [2.24, 2.45) is 0 Å². The number of ether oxygens (including phenoxy) is 1. The summed E-state index contributed by atoms with van der Waals surface area (Å²) in [7, 11) is -0.628. The molecule has 0 fully saturated rings. The van der Waals surface area contributed by atoms with E-state index in [1.165, 1.54) is 29.6 Å². The maximum absolute atomic E-state index is 12.8. The molecule has 0 aliphatic heterocycles. The number of rotatable bonds is 7. The fraction of sp³-hybridized carbons (Fsp3) is 0.0870. The maximum Gasteiger partial charge on any atom is 0.264 e. The Hall–Kier alpha value is -3.58. The van der Waals surface area contributed by atoms with Gasteiger partial charge in [-0.05, 0) is 48.5 Å². The van der Waals surface area contributed by atoms with Crippen LogP contribution in [0.4, 0.5) is 11.4 Å². The van der Waals surface area contributed by atoms with Gasteiger partial charge in [-0.15, -0.1) is 0 Å². The molecule has 0 aromatic heterocycles. The van der Waals surface area contributed by atoms with Crippen molar-refractivity contribution in [3.63, 3.8) is 0 Å². The second-order valence-electron chi connectivity index (χ2n) is 6.40. The van der Waals surface area contributed by atoms with Crippen LogP contribution in [0.1, 0.15) is 5.56 Å². The first-order valence-corrected chi connectivity index (χ1v) is 10.6. The van der Waals surface area contributed by atoms with Gasteiger partial charge in [-0.2, -0.15) is 0 Å². The highest BCUT2D eigenvalue weighted by atomic mass is 32.2. The third-order valence-electron chi connectivity index (χ3n) is 4.45. The summed E-state index contributed by atoms with van der Waals surface area (Å²) >= 11 is 0. The Morgan fingerprint density at radius 1 is 0.933 bits per heavy atom. The van der Waals surface area contributed by atoms with Crippen LogP contribution >= 0.6 is 0 Å². The van der Waals surface area contributed by atoms with Crippen LogP contribution in [0.3, 0.4) is 0 Å². The second kappa shape index (κ2) is 9.28. The van der Waals surface area contributed by atoms with Gasteiger partial charge < -0.3 is 10.1 Å². The molecule has 3 aromatic carbocycles. The molecule has 6 nitrogen and oxygen atoms in total. The lowest BCUT2D eigenvalue weighted by molar-refractivity contribution is -0.111. The monoisotopic (exact) mass is 422 g/mol. The summed E-state index contributed by atoms with van der Waals surface area (Å²) in [5.41, 5.74) is 1.84. The lowest BCUT2D eigenvalue weighted by Gasteiger charge is -2.19. The lowest BCUT2D eigenvalue weighted by Crippen LogP contribution is -2.26. The van der Waals surface area contributed by atoms with Crippen LogP contribution in [0.25, 0.3) is 6.08 Å². The predicted molar refractivity (Wildman–Crippen MR) is 119 cm³/mol. The predicted octanol–water partition coefficient (Wildman–Crippen LogP) is 4.17. The van der Waals surface area contributed by atoms with Gasteiger partial charge in [0.25, 0.3) is 10.0 Å². The summed E-state index contributed by atoms with van der Waals surface area (Å²) < 4.78 is 32.1. The summed E-state index contributed by atoms with van der Waals surface area (Å²) in [5, 5.41) is 2.71. The molecule has 154 valence electrons. The number of nitrogens with zero attached hydrogens (tertiary/aromatic N) is 1. The van der Waals surface area contributed by atoms with E-state index in [1.807, 2.05) is 30.3 Å². The largest absolute Gasteiger partial charge is 0.496 e. The van der Waals surface area contributed by atoms with Crippen molar-refractivity contribution in [2.75, 3.05) is 23.8 Å². The minimum atomic E-state index is -3.70. The molecular formula is C23H22N2O4S. The molecule has 7 heteroatoms. The molecule has 0 unspecified atom stereocenters. The van der Waals surface area contributed by atoms with Crippen LogP contribution in [-0.2, 0) is 14.8 Å². The fourth-order valence-electron chi connectivity index (χ4n) is 2.80. The van der Waals surface area contributed by atoms with Gasteiger partial charge in [-0.1, -0.05) is 36.4 Å². The molecule has 30 heavy (non-hydrogen) atoms. The van der Waals surface area contributed by atoms with E-state index < -0.39 is 10.0 Å². The SMILES string of the molecule is COc1ccccc1/C=C\C(=O)Nc1ccc(S(=O)(=O)N(C)c2ccccc2)cc1. The summed E-state index contributed by atoms with van der Waals surface area (Å²) in [6.45, 7) is 0. The molecule has 3 rings (SSSR count). The van der Waals surface area contributed by atoms with E-state index in [4.69, 9.17) is 4.74 Å². The van der Waals surface area contributed by atoms with Crippen molar-refractivity contribution >= 4 is 33.4 Å². The molecule has 0 bridgehead atoms. The fourth-order valence-corrected chi connectivity index (χ4v) is 3.99. The number of para-hydroxylation sites is 2. The van der Waals surface area contributed by atoms with Gasteiger partial charge in [0.2, 0.25) is 5.91 Å². The van der Waals surface area contributed by atoms with Crippen molar-refractivity contribution in [1.29, 1.82) is 0 Å². The van der Waals surface area contributed by atoms with E-state index >= 15 is 0 Å². The minimum Gasteiger partial charge on any atom is -0.496 e. The molecule has 3 aromatic rings. The smallest absolute Gasteiger partial charge is 0.264 e. The first kappa shape index (κ1) is 21.1. The molecule has 0 atom stereocenters. The normalized spacial score (nSPS) is 11.3. The number of benzene rings is 3. The summed E-state index contributed by atoms with van der Waals surface area (Å²) in [4.78, 5) is 12.3. The van der Waals surface area contributed by atoms with Gasteiger partial charge in [-0.3, -0.25) is 9.10 Å². The van der Waals surface area contributed by atoms with Gasteiger partial charge in [0.1, 0.15) is 5.75 Å². The summed E-state index contributed by atoms with van der Waals surface area (Å²) in [5.74, 6) is 0.330. The van der Waals surface area contributed by atoms with Crippen LogP contribution in [0, 0.1) is 0 Å². The van der Waals surface area contributed by atoms with E-state index in [0.717, 1.165) is 5.56 Å². The Labute approximate surface area is 176 Å². The molecule has 0 aliphatic rings. The number of carbonyl (C=O) groups excluding carboxylic acids is 1. The third-order valence-corrected chi connectivity index (χ3v) is 6.25. The van der Waals surface area contributed by atoms with Crippen LogP contribution in [0.2, 0.25) is 0 Å². The van der Waals surface area contributed by atoms with Crippen molar-refractivity contribution in [1.82, 2.24) is 0 Å². The van der Waals surface area contributed by atoms with E-state index in [0.29, 0.717) is 17.1 Å². The molecule has 0 saturated carbocycles. The van der Waals surface area contributed by atoms with Crippen LogP contribution in [-0.4, -0.2) is 28.5 Å². The van der Waals surface area contributed by atoms with Crippen molar-refractivity contribution in [3.05, 3.63) is 90.5 Å². The Balaban J connectivity index is 1.69. The van der Waals surface area contributed by atoms with E-state index in [9.17, 15) is 13.2 Å². The van der Waals surface area contributed by atoms with Crippen LogP contribution in [0.15, 0.2) is 89.8 Å². The highest BCUT2D eigenvalue weighted by Crippen LogP contribution is 2.23. The average molecular weight is 423 g/mol. The molecular weight excluding hydrogens is 400 g/mol. The Bertz CT molecular complexity index is 1140.